The summed E-state index contributed by atoms with van der Waals surface area (Å²) in [5.74, 6) is -0.472. The van der Waals surface area contributed by atoms with Crippen molar-refractivity contribution in [1.29, 1.82) is 0 Å². The monoisotopic (exact) mass is 339 g/mol. The van der Waals surface area contributed by atoms with E-state index in [1.807, 2.05) is 0 Å². The Balaban J connectivity index is 1.88. The van der Waals surface area contributed by atoms with E-state index in [0.717, 1.165) is 27.4 Å². The Kier molecular flexibility index (Phi) is 3.64. The zero-order valence-corrected chi connectivity index (χ0v) is 12.1. The van der Waals surface area contributed by atoms with Crippen LogP contribution in [-0.2, 0) is 6.18 Å². The third-order valence-corrected chi connectivity index (χ3v) is 4.05. The van der Waals surface area contributed by atoms with E-state index in [0.29, 0.717) is 11.8 Å². The highest BCUT2D eigenvalue weighted by atomic mass is 32.1. The lowest BCUT2D eigenvalue weighted by Crippen LogP contribution is -2.12. The van der Waals surface area contributed by atoms with Crippen LogP contribution >= 0.6 is 11.3 Å². The molecule has 1 aromatic carbocycles. The fraction of sp³-hybridized carbons (Fsp3) is 0.0714. The van der Waals surface area contributed by atoms with Gasteiger partial charge < -0.3 is 5.32 Å². The lowest BCUT2D eigenvalue weighted by molar-refractivity contribution is -0.141. The van der Waals surface area contributed by atoms with Crippen LogP contribution in [0, 0.1) is 0 Å². The number of hydrogen-bond donors (Lipinski definition) is 1. The second kappa shape index (κ2) is 5.51. The molecule has 9 heteroatoms. The molecule has 23 heavy (non-hydrogen) atoms. The van der Waals surface area contributed by atoms with Gasteiger partial charge in [-0.3, -0.25) is 14.0 Å². The normalized spacial score (nSPS) is 11.6. The van der Waals surface area contributed by atoms with Crippen molar-refractivity contribution in [2.45, 2.75) is 6.18 Å². The predicted molar refractivity (Wildman–Crippen MR) is 77.9 cm³/mol. The summed E-state index contributed by atoms with van der Waals surface area (Å²) in [4.78, 5) is 26.7. The van der Waals surface area contributed by atoms with Crippen molar-refractivity contribution in [3.8, 4) is 0 Å². The van der Waals surface area contributed by atoms with Gasteiger partial charge in [0.15, 0.2) is 5.82 Å². The van der Waals surface area contributed by atoms with Gasteiger partial charge in [-0.1, -0.05) is 12.1 Å². The summed E-state index contributed by atoms with van der Waals surface area (Å²) in [6, 6.07) is 5.83. The fourth-order valence-corrected chi connectivity index (χ4v) is 2.92. The van der Waals surface area contributed by atoms with Crippen LogP contribution in [0.5, 0.6) is 0 Å². The first-order valence-corrected chi connectivity index (χ1v) is 7.16. The summed E-state index contributed by atoms with van der Waals surface area (Å²) in [7, 11) is 0. The third kappa shape index (κ3) is 2.82. The molecular formula is C14H8F3N3O2S. The molecule has 5 nitrogen and oxygen atoms in total. The molecule has 0 atom stereocenters. The number of thiazole rings is 1. The summed E-state index contributed by atoms with van der Waals surface area (Å²) < 4.78 is 39.3. The maximum atomic E-state index is 12.8. The van der Waals surface area contributed by atoms with Crippen LogP contribution in [0.4, 0.5) is 19.0 Å². The Hall–Kier alpha value is -2.68. The van der Waals surface area contributed by atoms with Crippen molar-refractivity contribution < 1.29 is 22.8 Å². The number of aromatic nitrogens is 2. The zero-order chi connectivity index (χ0) is 16.6. The Morgan fingerprint density at radius 3 is 2.57 bits per heavy atom. The first-order chi connectivity index (χ1) is 10.9. The fourth-order valence-electron chi connectivity index (χ4n) is 1.97. The zero-order valence-electron chi connectivity index (χ0n) is 11.3. The number of carbonyl (C=O) groups is 2. The van der Waals surface area contributed by atoms with Crippen LogP contribution < -0.4 is 5.32 Å². The Morgan fingerprint density at radius 1 is 1.26 bits per heavy atom. The van der Waals surface area contributed by atoms with Gasteiger partial charge in [0, 0.05) is 16.5 Å². The molecule has 1 N–H and O–H groups in total. The minimum absolute atomic E-state index is 0.0509. The van der Waals surface area contributed by atoms with Crippen molar-refractivity contribution in [2.75, 3.05) is 5.32 Å². The van der Waals surface area contributed by atoms with Gasteiger partial charge in [-0.25, -0.2) is 4.98 Å². The van der Waals surface area contributed by atoms with E-state index in [4.69, 9.17) is 0 Å². The minimum atomic E-state index is -4.50. The number of fused-ring (bicyclic) bond motifs is 1. The molecule has 1 amide bonds. The number of imidazole rings is 1. The maximum Gasteiger partial charge on any atom is 0.432 e. The molecule has 0 fully saturated rings. The van der Waals surface area contributed by atoms with Gasteiger partial charge in [-0.15, -0.1) is 11.3 Å². The van der Waals surface area contributed by atoms with Crippen LogP contribution in [0.2, 0.25) is 0 Å². The van der Waals surface area contributed by atoms with Crippen LogP contribution in [0.25, 0.3) is 4.83 Å². The first kappa shape index (κ1) is 15.2. The van der Waals surface area contributed by atoms with Crippen LogP contribution in [0.3, 0.4) is 0 Å². The van der Waals surface area contributed by atoms with Gasteiger partial charge in [-0.2, -0.15) is 13.2 Å². The summed E-state index contributed by atoms with van der Waals surface area (Å²) in [5, 5.41) is 3.43. The average molecular weight is 339 g/mol. The van der Waals surface area contributed by atoms with E-state index >= 15 is 0 Å². The molecule has 0 saturated heterocycles. The van der Waals surface area contributed by atoms with Gasteiger partial charge in [-0.05, 0) is 12.1 Å². The Morgan fingerprint density at radius 2 is 1.96 bits per heavy atom. The summed E-state index contributed by atoms with van der Waals surface area (Å²) in [5.41, 5.74) is -0.163. The summed E-state index contributed by atoms with van der Waals surface area (Å²) in [6.07, 6.45) is -2.84. The highest BCUT2D eigenvalue weighted by Crippen LogP contribution is 2.35. The van der Waals surface area contributed by atoms with E-state index in [-0.39, 0.29) is 16.2 Å². The number of aldehydes is 1. The second-order valence-corrected chi connectivity index (χ2v) is 5.44. The Labute approximate surface area is 131 Å². The van der Waals surface area contributed by atoms with Crippen LogP contribution in [-0.4, -0.2) is 21.6 Å². The number of hydrogen-bond acceptors (Lipinski definition) is 4. The second-order valence-electron chi connectivity index (χ2n) is 4.58. The van der Waals surface area contributed by atoms with Gasteiger partial charge in [0.05, 0.1) is 0 Å². The lowest BCUT2D eigenvalue weighted by Gasteiger charge is -2.03. The van der Waals surface area contributed by atoms with Crippen LogP contribution in [0.1, 0.15) is 26.4 Å². The maximum absolute atomic E-state index is 12.8. The SMILES string of the molecule is O=Cc1ccc(C(=O)Nc2ncn3c(C(F)(F)F)csc23)cc1. The van der Waals surface area contributed by atoms with Gasteiger partial charge >= 0.3 is 6.18 Å². The molecule has 2 aromatic heterocycles. The average Bonchev–Trinajstić information content (AvgIpc) is 3.09. The Bertz CT molecular complexity index is 881. The standard InChI is InChI=1S/C14H8F3N3O2S/c15-14(16,17)10-6-23-13-11(18-7-20(10)13)19-12(22)9-3-1-8(5-21)2-4-9/h1-7H,(H,19,22). The highest BCUT2D eigenvalue weighted by molar-refractivity contribution is 7.16. The number of nitrogens with one attached hydrogen (secondary N) is 1. The smallest absolute Gasteiger partial charge is 0.304 e. The third-order valence-electron chi connectivity index (χ3n) is 3.10. The molecule has 0 radical (unpaired) electrons. The van der Waals surface area contributed by atoms with Crippen molar-refractivity contribution in [3.05, 3.63) is 52.8 Å². The van der Waals surface area contributed by atoms with Crippen molar-refractivity contribution in [2.24, 2.45) is 0 Å². The number of benzene rings is 1. The molecule has 0 saturated carbocycles. The summed E-state index contributed by atoms with van der Waals surface area (Å²) >= 11 is 0.837. The molecule has 0 aliphatic carbocycles. The largest absolute Gasteiger partial charge is 0.432 e. The van der Waals surface area contributed by atoms with Gasteiger partial charge in [0.2, 0.25) is 0 Å². The molecule has 0 aliphatic heterocycles. The van der Waals surface area contributed by atoms with Crippen molar-refractivity contribution in [1.82, 2.24) is 9.38 Å². The number of halogens is 3. The number of anilines is 1. The minimum Gasteiger partial charge on any atom is -0.304 e. The van der Waals surface area contributed by atoms with E-state index in [1.165, 1.54) is 24.3 Å². The van der Waals surface area contributed by atoms with Crippen molar-refractivity contribution >= 4 is 34.2 Å². The lowest BCUT2D eigenvalue weighted by atomic mass is 10.1. The van der Waals surface area contributed by atoms with E-state index in [2.05, 4.69) is 10.3 Å². The molecule has 118 valence electrons. The number of rotatable bonds is 3. The van der Waals surface area contributed by atoms with Gasteiger partial charge in [0.1, 0.15) is 23.1 Å². The summed E-state index contributed by atoms with van der Waals surface area (Å²) in [6.45, 7) is 0. The van der Waals surface area contributed by atoms with E-state index < -0.39 is 17.8 Å². The number of nitrogens with zero attached hydrogens (tertiary/aromatic N) is 2. The molecule has 3 rings (SSSR count). The van der Waals surface area contributed by atoms with Crippen molar-refractivity contribution in [3.63, 3.8) is 0 Å². The van der Waals surface area contributed by atoms with E-state index in [9.17, 15) is 22.8 Å². The molecule has 0 unspecified atom stereocenters. The topological polar surface area (TPSA) is 63.5 Å². The highest BCUT2D eigenvalue weighted by Gasteiger charge is 2.35. The molecule has 0 spiro atoms. The molecular weight excluding hydrogens is 331 g/mol. The first-order valence-electron chi connectivity index (χ1n) is 6.28. The quantitative estimate of drug-likeness (QED) is 0.743. The predicted octanol–water partition coefficient (Wildman–Crippen LogP) is 3.48. The number of alkyl halides is 3. The molecule has 0 bridgehead atoms. The molecule has 2 heterocycles. The molecule has 0 aliphatic rings. The van der Waals surface area contributed by atoms with Crippen LogP contribution in [0.15, 0.2) is 36.0 Å². The van der Waals surface area contributed by atoms with E-state index in [1.54, 1.807) is 0 Å². The van der Waals surface area contributed by atoms with Gasteiger partial charge in [0.25, 0.3) is 5.91 Å². The number of amides is 1. The molecule has 3 aromatic rings. The number of carbonyl (C=O) groups excluding carboxylic acids is 2.